The third-order valence-corrected chi connectivity index (χ3v) is 3.31. The van der Waals surface area contributed by atoms with Gasteiger partial charge >= 0.3 is 0 Å². The molecule has 0 spiro atoms. The second-order valence-electron chi connectivity index (χ2n) is 4.99. The molecule has 0 aliphatic rings. The lowest BCUT2D eigenvalue weighted by Crippen LogP contribution is -2.13. The molecule has 0 fully saturated rings. The Morgan fingerprint density at radius 3 is 2.65 bits per heavy atom. The summed E-state index contributed by atoms with van der Waals surface area (Å²) in [6.07, 6.45) is 0.219. The largest absolute Gasteiger partial charge is 0.494 e. The summed E-state index contributed by atoms with van der Waals surface area (Å²) in [6, 6.07) is 5.90. The van der Waals surface area contributed by atoms with Crippen molar-refractivity contribution in [1.29, 1.82) is 0 Å². The van der Waals surface area contributed by atoms with Crippen LogP contribution < -0.4 is 4.74 Å². The van der Waals surface area contributed by atoms with Gasteiger partial charge in [0.1, 0.15) is 17.1 Å². The average molecular weight is 297 g/mol. The van der Waals surface area contributed by atoms with E-state index in [9.17, 15) is 0 Å². The van der Waals surface area contributed by atoms with E-state index < -0.39 is 0 Å². The van der Waals surface area contributed by atoms with Gasteiger partial charge in [-0.3, -0.25) is 0 Å². The number of aromatic nitrogens is 2. The van der Waals surface area contributed by atoms with Gasteiger partial charge in [-0.15, -0.1) is 11.6 Å². The zero-order valence-electron chi connectivity index (χ0n) is 12.4. The monoisotopic (exact) mass is 296 g/mol. The number of para-hydroxylation sites is 1. The molecule has 0 radical (unpaired) electrons. The van der Waals surface area contributed by atoms with Gasteiger partial charge in [0.05, 0.1) is 30.7 Å². The highest BCUT2D eigenvalue weighted by Crippen LogP contribution is 2.29. The molecule has 5 heteroatoms. The molecular weight excluding hydrogens is 276 g/mol. The molecular formula is C15H21ClN2O2. The van der Waals surface area contributed by atoms with Gasteiger partial charge in [-0.05, 0) is 32.9 Å². The van der Waals surface area contributed by atoms with Gasteiger partial charge in [-0.25, -0.2) is 4.98 Å². The molecule has 1 aromatic carbocycles. The maximum absolute atomic E-state index is 6.25. The van der Waals surface area contributed by atoms with Crippen molar-refractivity contribution < 1.29 is 9.47 Å². The van der Waals surface area contributed by atoms with Crippen molar-refractivity contribution in [3.05, 3.63) is 24.0 Å². The van der Waals surface area contributed by atoms with Crippen molar-refractivity contribution in [1.82, 2.24) is 9.55 Å². The first kappa shape index (κ1) is 15.1. The number of fused-ring (bicyclic) bond motifs is 1. The highest BCUT2D eigenvalue weighted by molar-refractivity contribution is 6.20. The van der Waals surface area contributed by atoms with E-state index in [4.69, 9.17) is 21.1 Å². The molecule has 0 aliphatic carbocycles. The second kappa shape index (κ2) is 6.46. The van der Waals surface area contributed by atoms with Crippen LogP contribution in [0.4, 0.5) is 0 Å². The summed E-state index contributed by atoms with van der Waals surface area (Å²) >= 11 is 6.25. The van der Waals surface area contributed by atoms with Gasteiger partial charge in [0.2, 0.25) is 0 Å². The van der Waals surface area contributed by atoms with Gasteiger partial charge in [0.25, 0.3) is 0 Å². The fourth-order valence-electron chi connectivity index (χ4n) is 2.22. The first-order chi connectivity index (χ1) is 9.54. The molecule has 1 aromatic heterocycles. The molecule has 0 amide bonds. The summed E-state index contributed by atoms with van der Waals surface area (Å²) < 4.78 is 13.1. The van der Waals surface area contributed by atoms with Crippen LogP contribution in [-0.4, -0.2) is 29.4 Å². The molecule has 0 saturated heterocycles. The SMILES string of the molecule is COc1cccc2c1nc(C(C)Cl)n2CCOC(C)C. The molecule has 1 unspecified atom stereocenters. The highest BCUT2D eigenvalue weighted by Gasteiger charge is 2.17. The number of hydrogen-bond acceptors (Lipinski definition) is 3. The number of nitrogens with zero attached hydrogens (tertiary/aromatic N) is 2. The summed E-state index contributed by atoms with van der Waals surface area (Å²) in [5, 5.41) is -0.161. The van der Waals surface area contributed by atoms with Gasteiger partial charge in [0.15, 0.2) is 0 Å². The Morgan fingerprint density at radius 2 is 2.05 bits per heavy atom. The minimum Gasteiger partial charge on any atom is -0.494 e. The molecule has 2 rings (SSSR count). The fraction of sp³-hybridized carbons (Fsp3) is 0.533. The maximum atomic E-state index is 6.25. The van der Waals surface area contributed by atoms with E-state index in [1.807, 2.05) is 39.0 Å². The summed E-state index contributed by atoms with van der Waals surface area (Å²) in [6.45, 7) is 7.35. The van der Waals surface area contributed by atoms with Gasteiger partial charge in [-0.1, -0.05) is 6.07 Å². The van der Waals surface area contributed by atoms with E-state index in [1.54, 1.807) is 7.11 Å². The minimum atomic E-state index is -0.161. The third kappa shape index (κ3) is 3.07. The highest BCUT2D eigenvalue weighted by atomic mass is 35.5. The first-order valence-electron chi connectivity index (χ1n) is 6.83. The van der Waals surface area contributed by atoms with Crippen LogP contribution in [0.15, 0.2) is 18.2 Å². The van der Waals surface area contributed by atoms with Crippen molar-refractivity contribution in [2.75, 3.05) is 13.7 Å². The number of methoxy groups -OCH3 is 1. The van der Waals surface area contributed by atoms with Crippen molar-refractivity contribution in [2.45, 2.75) is 38.8 Å². The zero-order chi connectivity index (χ0) is 14.7. The molecule has 110 valence electrons. The van der Waals surface area contributed by atoms with E-state index in [2.05, 4.69) is 9.55 Å². The molecule has 1 atom stereocenters. The summed E-state index contributed by atoms with van der Waals surface area (Å²) in [7, 11) is 1.65. The Kier molecular flexibility index (Phi) is 4.89. The van der Waals surface area contributed by atoms with E-state index in [-0.39, 0.29) is 11.5 Å². The number of halogens is 1. The van der Waals surface area contributed by atoms with E-state index in [1.165, 1.54) is 0 Å². The summed E-state index contributed by atoms with van der Waals surface area (Å²) in [4.78, 5) is 4.63. The molecule has 0 N–H and O–H groups in total. The zero-order valence-corrected chi connectivity index (χ0v) is 13.1. The van der Waals surface area contributed by atoms with Gasteiger partial charge in [0, 0.05) is 6.54 Å². The smallest absolute Gasteiger partial charge is 0.146 e. The molecule has 1 heterocycles. The molecule has 0 bridgehead atoms. The number of benzene rings is 1. The lowest BCUT2D eigenvalue weighted by Gasteiger charge is -2.12. The number of ether oxygens (including phenoxy) is 2. The normalized spacial score (nSPS) is 13.1. The van der Waals surface area contributed by atoms with Crippen LogP contribution in [-0.2, 0) is 11.3 Å². The predicted molar refractivity (Wildman–Crippen MR) is 81.6 cm³/mol. The minimum absolute atomic E-state index is 0.161. The van der Waals surface area contributed by atoms with Gasteiger partial charge in [-0.2, -0.15) is 0 Å². The van der Waals surface area contributed by atoms with Crippen LogP contribution >= 0.6 is 11.6 Å². The summed E-state index contributed by atoms with van der Waals surface area (Å²) in [5.74, 6) is 1.61. The second-order valence-corrected chi connectivity index (χ2v) is 5.64. The van der Waals surface area contributed by atoms with Crippen LogP contribution in [0.5, 0.6) is 5.75 Å². The van der Waals surface area contributed by atoms with Crippen LogP contribution in [0.2, 0.25) is 0 Å². The number of hydrogen-bond donors (Lipinski definition) is 0. The molecule has 2 aromatic rings. The lowest BCUT2D eigenvalue weighted by atomic mass is 10.3. The molecule has 0 aliphatic heterocycles. The topological polar surface area (TPSA) is 36.3 Å². The third-order valence-electron chi connectivity index (χ3n) is 3.11. The van der Waals surface area contributed by atoms with Crippen molar-refractivity contribution in [2.24, 2.45) is 0 Å². The average Bonchev–Trinajstić information content (AvgIpc) is 2.77. The Labute approximate surface area is 124 Å². The number of alkyl halides is 1. The van der Waals surface area contributed by atoms with Crippen LogP contribution in [0, 0.1) is 0 Å². The Balaban J connectivity index is 2.41. The van der Waals surface area contributed by atoms with E-state index in [0.717, 1.165) is 29.2 Å². The van der Waals surface area contributed by atoms with Crippen molar-refractivity contribution in [3.8, 4) is 5.75 Å². The molecule has 0 saturated carbocycles. The predicted octanol–water partition coefficient (Wildman–Crippen LogP) is 3.77. The standard InChI is InChI=1S/C15H21ClN2O2/c1-10(2)20-9-8-18-12-6-5-7-13(19-4)14(12)17-15(18)11(3)16/h5-7,10-11H,8-9H2,1-4H3. The summed E-state index contributed by atoms with van der Waals surface area (Å²) in [5.41, 5.74) is 1.88. The lowest BCUT2D eigenvalue weighted by molar-refractivity contribution is 0.0729. The van der Waals surface area contributed by atoms with E-state index >= 15 is 0 Å². The molecule has 4 nitrogen and oxygen atoms in total. The Bertz CT molecular complexity index is 579. The fourth-order valence-corrected chi connectivity index (χ4v) is 2.39. The quantitative estimate of drug-likeness (QED) is 0.761. The Morgan fingerprint density at radius 1 is 1.30 bits per heavy atom. The van der Waals surface area contributed by atoms with Crippen LogP contribution in [0.3, 0.4) is 0 Å². The number of rotatable bonds is 6. The van der Waals surface area contributed by atoms with Gasteiger partial charge < -0.3 is 14.0 Å². The van der Waals surface area contributed by atoms with E-state index in [0.29, 0.717) is 6.61 Å². The van der Waals surface area contributed by atoms with Crippen molar-refractivity contribution >= 4 is 22.6 Å². The maximum Gasteiger partial charge on any atom is 0.146 e. The van der Waals surface area contributed by atoms with Crippen LogP contribution in [0.1, 0.15) is 32.0 Å². The van der Waals surface area contributed by atoms with Crippen LogP contribution in [0.25, 0.3) is 11.0 Å². The molecule has 20 heavy (non-hydrogen) atoms. The van der Waals surface area contributed by atoms with Crippen molar-refractivity contribution in [3.63, 3.8) is 0 Å². The number of imidazole rings is 1. The first-order valence-corrected chi connectivity index (χ1v) is 7.27. The Hall–Kier alpha value is -1.26.